The number of ketones is 1. The molecule has 4 rings (SSSR count). The van der Waals surface area contributed by atoms with E-state index in [4.69, 9.17) is 16.3 Å². The molecule has 0 radical (unpaired) electrons. The first-order valence-corrected chi connectivity index (χ1v) is 11.1. The van der Waals surface area contributed by atoms with Gasteiger partial charge in [-0.2, -0.15) is 5.10 Å². The van der Waals surface area contributed by atoms with Gasteiger partial charge >= 0.3 is 0 Å². The Morgan fingerprint density at radius 1 is 1.25 bits per heavy atom. The maximum Gasteiger partial charge on any atom is 0.295 e. The van der Waals surface area contributed by atoms with Crippen LogP contribution in [-0.4, -0.2) is 76.2 Å². The highest BCUT2D eigenvalue weighted by molar-refractivity contribution is 6.46. The predicted octanol–water partition coefficient (Wildman–Crippen LogP) is 2.82. The van der Waals surface area contributed by atoms with Crippen molar-refractivity contribution in [1.29, 1.82) is 0 Å². The Morgan fingerprint density at radius 2 is 2.00 bits per heavy atom. The van der Waals surface area contributed by atoms with Crippen LogP contribution in [0, 0.1) is 13.8 Å². The molecule has 0 aliphatic carbocycles. The smallest absolute Gasteiger partial charge is 0.295 e. The quantitative estimate of drug-likeness (QED) is 0.392. The summed E-state index contributed by atoms with van der Waals surface area (Å²) < 4.78 is 5.39. The first kappa shape index (κ1) is 22.5. The van der Waals surface area contributed by atoms with Crippen molar-refractivity contribution in [3.05, 3.63) is 57.4 Å². The number of aliphatic hydroxyl groups is 1. The number of H-pyrrole nitrogens is 1. The number of likely N-dealkylation sites (tertiary alicyclic amines) is 1. The minimum Gasteiger partial charge on any atom is -0.507 e. The highest BCUT2D eigenvalue weighted by Gasteiger charge is 2.46. The summed E-state index contributed by atoms with van der Waals surface area (Å²) in [6.45, 7) is 7.82. The van der Waals surface area contributed by atoms with E-state index >= 15 is 0 Å². The van der Waals surface area contributed by atoms with Crippen molar-refractivity contribution in [2.45, 2.75) is 26.3 Å². The van der Waals surface area contributed by atoms with Gasteiger partial charge in [0.25, 0.3) is 11.7 Å². The second kappa shape index (κ2) is 9.44. The lowest BCUT2D eigenvalue weighted by Gasteiger charge is -2.29. The molecule has 2 aromatic rings. The van der Waals surface area contributed by atoms with Gasteiger partial charge in [-0.3, -0.25) is 19.6 Å². The van der Waals surface area contributed by atoms with Gasteiger partial charge in [-0.25, -0.2) is 0 Å². The number of aliphatic hydroxyl groups excluding tert-OH is 1. The summed E-state index contributed by atoms with van der Waals surface area (Å²) in [7, 11) is 0. The zero-order chi connectivity index (χ0) is 22.8. The van der Waals surface area contributed by atoms with Gasteiger partial charge in [-0.1, -0.05) is 23.7 Å². The minimum atomic E-state index is -0.716. The molecule has 1 atom stereocenters. The van der Waals surface area contributed by atoms with Crippen molar-refractivity contribution in [3.8, 4) is 0 Å². The van der Waals surface area contributed by atoms with E-state index in [0.717, 1.165) is 19.6 Å². The molecule has 1 amide bonds. The number of aromatic nitrogens is 2. The van der Waals surface area contributed by atoms with Crippen LogP contribution in [0.4, 0.5) is 0 Å². The van der Waals surface area contributed by atoms with E-state index in [1.807, 2.05) is 6.07 Å². The molecule has 2 aliphatic heterocycles. The number of hydrogen-bond acceptors (Lipinski definition) is 6. The normalized spacial score (nSPS) is 21.5. The van der Waals surface area contributed by atoms with E-state index < -0.39 is 17.7 Å². The van der Waals surface area contributed by atoms with Gasteiger partial charge in [0, 0.05) is 36.9 Å². The minimum absolute atomic E-state index is 0.0660. The van der Waals surface area contributed by atoms with Crippen LogP contribution in [0.25, 0.3) is 5.76 Å². The number of carbonyl (C=O) groups excluding carboxylic acids is 2. The number of aryl methyl sites for hydroxylation is 2. The van der Waals surface area contributed by atoms with Gasteiger partial charge in [0.1, 0.15) is 5.76 Å². The molecule has 2 saturated heterocycles. The van der Waals surface area contributed by atoms with Crippen LogP contribution in [-0.2, 0) is 14.3 Å². The van der Waals surface area contributed by atoms with Crippen molar-refractivity contribution >= 4 is 29.1 Å². The van der Waals surface area contributed by atoms with Crippen molar-refractivity contribution in [1.82, 2.24) is 20.0 Å². The molecule has 0 bridgehead atoms. The Balaban J connectivity index is 1.70. The molecule has 9 heteroatoms. The molecule has 1 unspecified atom stereocenters. The zero-order valence-corrected chi connectivity index (χ0v) is 19.0. The second-order valence-corrected chi connectivity index (χ2v) is 8.60. The summed E-state index contributed by atoms with van der Waals surface area (Å²) in [4.78, 5) is 30.0. The van der Waals surface area contributed by atoms with E-state index in [9.17, 15) is 14.7 Å². The fraction of sp³-hybridized carbons (Fsp3) is 0.435. The van der Waals surface area contributed by atoms with Gasteiger partial charge in [0.2, 0.25) is 0 Å². The molecule has 0 saturated carbocycles. The fourth-order valence-corrected chi connectivity index (χ4v) is 4.66. The van der Waals surface area contributed by atoms with Crippen LogP contribution in [0.1, 0.15) is 35.0 Å². The van der Waals surface area contributed by atoms with Crippen LogP contribution in [0.5, 0.6) is 0 Å². The molecule has 2 aliphatic rings. The molecule has 170 valence electrons. The molecule has 1 aromatic heterocycles. The summed E-state index contributed by atoms with van der Waals surface area (Å²) >= 11 is 6.23. The van der Waals surface area contributed by atoms with E-state index in [1.165, 1.54) is 0 Å². The number of halogens is 1. The fourth-order valence-electron chi connectivity index (χ4n) is 4.46. The lowest BCUT2D eigenvalue weighted by molar-refractivity contribution is -0.140. The molecular formula is C23H27ClN4O4. The predicted molar refractivity (Wildman–Crippen MR) is 120 cm³/mol. The average molecular weight is 459 g/mol. The molecule has 32 heavy (non-hydrogen) atoms. The van der Waals surface area contributed by atoms with Crippen molar-refractivity contribution in [2.24, 2.45) is 0 Å². The van der Waals surface area contributed by atoms with Gasteiger partial charge < -0.3 is 14.7 Å². The Kier molecular flexibility index (Phi) is 6.64. The summed E-state index contributed by atoms with van der Waals surface area (Å²) in [5.41, 5.74) is 2.38. The second-order valence-electron chi connectivity index (χ2n) is 8.16. The van der Waals surface area contributed by atoms with Crippen LogP contribution in [0.2, 0.25) is 5.02 Å². The summed E-state index contributed by atoms with van der Waals surface area (Å²) in [5.74, 6) is -1.52. The Labute approximate surface area is 191 Å². The number of benzene rings is 1. The highest BCUT2D eigenvalue weighted by atomic mass is 35.5. The van der Waals surface area contributed by atoms with Crippen molar-refractivity contribution < 1.29 is 19.4 Å². The lowest BCUT2D eigenvalue weighted by Crippen LogP contribution is -2.38. The number of ether oxygens (including phenoxy) is 1. The van der Waals surface area contributed by atoms with E-state index in [-0.39, 0.29) is 11.3 Å². The monoisotopic (exact) mass is 458 g/mol. The van der Waals surface area contributed by atoms with E-state index in [0.29, 0.717) is 53.7 Å². The Morgan fingerprint density at radius 3 is 2.66 bits per heavy atom. The highest BCUT2D eigenvalue weighted by Crippen LogP contribution is 2.40. The average Bonchev–Trinajstić information content (AvgIpc) is 3.24. The summed E-state index contributed by atoms with van der Waals surface area (Å²) in [6.07, 6.45) is 0.702. The number of aromatic amines is 1. The molecule has 2 N–H and O–H groups in total. The lowest BCUT2D eigenvalue weighted by atomic mass is 9.94. The van der Waals surface area contributed by atoms with Crippen LogP contribution in [0.15, 0.2) is 29.8 Å². The molecule has 3 heterocycles. The molecule has 0 spiro atoms. The third kappa shape index (κ3) is 4.30. The van der Waals surface area contributed by atoms with E-state index in [2.05, 4.69) is 15.1 Å². The van der Waals surface area contributed by atoms with Crippen molar-refractivity contribution in [3.63, 3.8) is 0 Å². The SMILES string of the molecule is Cc1n[nH]c(C)c1C(O)=C1C(=O)C(=O)N(CCCN2CCOCC2)C1c1cccc(Cl)c1. The van der Waals surface area contributed by atoms with Gasteiger partial charge in [0.05, 0.1) is 36.1 Å². The number of morpholine rings is 1. The number of hydrogen-bond donors (Lipinski definition) is 2. The first-order chi connectivity index (χ1) is 15.4. The van der Waals surface area contributed by atoms with Gasteiger partial charge in [-0.15, -0.1) is 0 Å². The number of Topliss-reactive ketones (excluding diaryl/α,β-unsaturated/α-hetero) is 1. The van der Waals surface area contributed by atoms with Gasteiger partial charge in [0.15, 0.2) is 0 Å². The van der Waals surface area contributed by atoms with Crippen LogP contribution < -0.4 is 0 Å². The number of rotatable bonds is 6. The van der Waals surface area contributed by atoms with Crippen LogP contribution in [0.3, 0.4) is 0 Å². The maximum absolute atomic E-state index is 13.1. The van der Waals surface area contributed by atoms with E-state index in [1.54, 1.807) is 36.9 Å². The number of nitrogens with zero attached hydrogens (tertiary/aromatic N) is 3. The molecule has 1 aromatic carbocycles. The standard InChI is InChI=1S/C23H27ClN4O4/c1-14-18(15(2)26-25-14)21(29)19-20(16-5-3-6-17(24)13-16)28(23(31)22(19)30)8-4-7-27-9-11-32-12-10-27/h3,5-6,13,20,29H,4,7-12H2,1-2H3,(H,25,26). The van der Waals surface area contributed by atoms with Crippen LogP contribution >= 0.6 is 11.6 Å². The molecule has 2 fully saturated rings. The maximum atomic E-state index is 13.1. The van der Waals surface area contributed by atoms with Crippen molar-refractivity contribution in [2.75, 3.05) is 39.4 Å². The summed E-state index contributed by atoms with van der Waals surface area (Å²) in [5, 5.41) is 18.6. The topological polar surface area (TPSA) is 98.8 Å². The largest absolute Gasteiger partial charge is 0.507 e. The molecular weight excluding hydrogens is 432 g/mol. The number of amides is 1. The zero-order valence-electron chi connectivity index (χ0n) is 18.2. The Hall–Kier alpha value is -2.68. The van der Waals surface area contributed by atoms with Gasteiger partial charge in [-0.05, 0) is 38.0 Å². The Bertz CT molecular complexity index is 1040. The number of nitrogens with one attached hydrogen (secondary N) is 1. The molecule has 8 nitrogen and oxygen atoms in total. The number of carbonyl (C=O) groups is 2. The third-order valence-electron chi connectivity index (χ3n) is 6.05. The first-order valence-electron chi connectivity index (χ1n) is 10.7. The third-order valence-corrected chi connectivity index (χ3v) is 6.28. The summed E-state index contributed by atoms with van der Waals surface area (Å²) in [6, 6.07) is 6.35.